The standard InChI is InChI=1S/C18H17Cl2FN2O6S2/c19-12-2-1-10(5-15(12)22(24)25)17(28-8-30)3-4-18(29-9-31)11-6-16(23(26)27)13(20)7-14(11)21/h1-2,5-7,17-18,30-31H,3-4,8-9H2/t17-,18-/m0/s1. The van der Waals surface area contributed by atoms with E-state index in [0.717, 1.165) is 12.1 Å². The van der Waals surface area contributed by atoms with Crippen molar-refractivity contribution in [3.05, 3.63) is 77.5 Å². The Hall–Kier alpha value is -1.63. The second-order valence-electron chi connectivity index (χ2n) is 6.20. The molecule has 168 valence electrons. The third kappa shape index (κ3) is 6.67. The summed E-state index contributed by atoms with van der Waals surface area (Å²) >= 11 is 19.6. The molecule has 2 aromatic carbocycles. The Morgan fingerprint density at radius 2 is 1.45 bits per heavy atom. The van der Waals surface area contributed by atoms with Crippen molar-refractivity contribution >= 4 is 59.8 Å². The van der Waals surface area contributed by atoms with E-state index >= 15 is 0 Å². The molecule has 2 atom stereocenters. The molecule has 0 aromatic heterocycles. The summed E-state index contributed by atoms with van der Waals surface area (Å²) < 4.78 is 25.6. The minimum absolute atomic E-state index is 0.0138. The first kappa shape index (κ1) is 25.6. The van der Waals surface area contributed by atoms with Crippen molar-refractivity contribution in [2.75, 3.05) is 11.9 Å². The average Bonchev–Trinajstić information content (AvgIpc) is 2.70. The molecule has 0 spiro atoms. The summed E-state index contributed by atoms with van der Waals surface area (Å²) in [6.45, 7) is 0. The second kappa shape index (κ2) is 11.8. The van der Waals surface area contributed by atoms with Gasteiger partial charge < -0.3 is 9.47 Å². The molecule has 0 aliphatic carbocycles. The van der Waals surface area contributed by atoms with Crippen molar-refractivity contribution in [2.24, 2.45) is 0 Å². The SMILES string of the molecule is O=[N+]([O-])c1cc([C@H](CC[C@H](OCS)c2cc([N+](=O)[O-])c(Cl)cc2F)OCS)ccc1Cl. The van der Waals surface area contributed by atoms with Crippen LogP contribution in [0.2, 0.25) is 10.0 Å². The molecule has 0 aliphatic heterocycles. The molecule has 0 unspecified atom stereocenters. The molecule has 2 aromatic rings. The van der Waals surface area contributed by atoms with Gasteiger partial charge in [-0.05, 0) is 30.5 Å². The van der Waals surface area contributed by atoms with Gasteiger partial charge in [-0.3, -0.25) is 20.2 Å². The van der Waals surface area contributed by atoms with Crippen molar-refractivity contribution in [3.8, 4) is 0 Å². The van der Waals surface area contributed by atoms with Gasteiger partial charge in [-0.1, -0.05) is 29.3 Å². The fourth-order valence-corrected chi connectivity index (χ4v) is 3.73. The van der Waals surface area contributed by atoms with Gasteiger partial charge in [0.25, 0.3) is 11.4 Å². The molecule has 0 bridgehead atoms. The predicted octanol–water partition coefficient (Wildman–Crippen LogP) is 6.32. The molecule has 0 aliphatic rings. The number of hydrogen-bond acceptors (Lipinski definition) is 8. The lowest BCUT2D eigenvalue weighted by Crippen LogP contribution is -2.11. The van der Waals surface area contributed by atoms with Crippen LogP contribution in [-0.4, -0.2) is 21.7 Å². The predicted molar refractivity (Wildman–Crippen MR) is 121 cm³/mol. The largest absolute Gasteiger partial charge is 0.363 e. The van der Waals surface area contributed by atoms with Gasteiger partial charge in [0.1, 0.15) is 15.9 Å². The minimum atomic E-state index is -0.901. The van der Waals surface area contributed by atoms with E-state index in [-0.39, 0.29) is 46.0 Å². The van der Waals surface area contributed by atoms with E-state index in [2.05, 4.69) is 25.3 Å². The maximum absolute atomic E-state index is 14.5. The van der Waals surface area contributed by atoms with Crippen LogP contribution < -0.4 is 0 Å². The Bertz CT molecular complexity index is 969. The van der Waals surface area contributed by atoms with Crippen molar-refractivity contribution in [1.82, 2.24) is 0 Å². The van der Waals surface area contributed by atoms with Gasteiger partial charge in [0, 0.05) is 17.7 Å². The van der Waals surface area contributed by atoms with Gasteiger partial charge in [0.2, 0.25) is 0 Å². The Morgan fingerprint density at radius 3 is 2.03 bits per heavy atom. The van der Waals surface area contributed by atoms with Crippen LogP contribution in [0.25, 0.3) is 0 Å². The van der Waals surface area contributed by atoms with E-state index in [9.17, 15) is 24.6 Å². The first-order chi connectivity index (χ1) is 14.7. The quantitative estimate of drug-likeness (QED) is 0.158. The molecule has 0 heterocycles. The number of nitrogens with zero attached hydrogens (tertiary/aromatic N) is 2. The van der Waals surface area contributed by atoms with Crippen LogP contribution in [0.4, 0.5) is 15.8 Å². The van der Waals surface area contributed by atoms with Gasteiger partial charge in [-0.2, -0.15) is 25.3 Å². The molecular formula is C18H17Cl2FN2O6S2. The number of rotatable bonds is 11. The first-order valence-corrected chi connectivity index (χ1v) is 10.7. The summed E-state index contributed by atoms with van der Waals surface area (Å²) in [7, 11) is 0. The number of nitro benzene ring substituents is 2. The van der Waals surface area contributed by atoms with Gasteiger partial charge in [-0.15, -0.1) is 0 Å². The second-order valence-corrected chi connectivity index (χ2v) is 7.53. The van der Waals surface area contributed by atoms with Gasteiger partial charge in [0.15, 0.2) is 0 Å². The molecule has 0 saturated heterocycles. The van der Waals surface area contributed by atoms with Crippen LogP contribution in [0.15, 0.2) is 30.3 Å². The van der Waals surface area contributed by atoms with Crippen molar-refractivity contribution in [2.45, 2.75) is 25.0 Å². The number of benzene rings is 2. The van der Waals surface area contributed by atoms with E-state index in [1.54, 1.807) is 6.07 Å². The van der Waals surface area contributed by atoms with Crippen LogP contribution in [0.3, 0.4) is 0 Å². The number of ether oxygens (including phenoxy) is 2. The highest BCUT2D eigenvalue weighted by Gasteiger charge is 2.25. The number of nitro groups is 2. The molecule has 0 N–H and O–H groups in total. The Morgan fingerprint density at radius 1 is 0.903 bits per heavy atom. The number of hydrogen-bond donors (Lipinski definition) is 2. The fraction of sp³-hybridized carbons (Fsp3) is 0.333. The number of thiol groups is 2. The van der Waals surface area contributed by atoms with E-state index < -0.39 is 33.6 Å². The molecule has 8 nitrogen and oxygen atoms in total. The molecule has 0 fully saturated rings. The zero-order valence-corrected chi connectivity index (χ0v) is 19.0. The van der Waals surface area contributed by atoms with Crippen LogP contribution in [-0.2, 0) is 9.47 Å². The smallest absolute Gasteiger partial charge is 0.288 e. The Labute approximate surface area is 197 Å². The maximum atomic E-state index is 14.5. The number of halogens is 3. The summed E-state index contributed by atoms with van der Waals surface area (Å²) in [5.74, 6) is -0.832. The molecule has 0 amide bonds. The maximum Gasteiger partial charge on any atom is 0.288 e. The highest BCUT2D eigenvalue weighted by molar-refractivity contribution is 7.80. The first-order valence-electron chi connectivity index (χ1n) is 8.71. The third-order valence-corrected chi connectivity index (χ3v) is 5.31. The van der Waals surface area contributed by atoms with E-state index in [1.807, 2.05) is 0 Å². The summed E-state index contributed by atoms with van der Waals surface area (Å²) in [5, 5.41) is 22.0. The topological polar surface area (TPSA) is 105 Å². The zero-order chi connectivity index (χ0) is 23.1. The van der Waals surface area contributed by atoms with Gasteiger partial charge >= 0.3 is 0 Å². The Kier molecular flexibility index (Phi) is 9.79. The third-order valence-electron chi connectivity index (χ3n) is 4.39. The summed E-state index contributed by atoms with van der Waals surface area (Å²) in [4.78, 5) is 21.0. The summed E-state index contributed by atoms with van der Waals surface area (Å²) in [6.07, 6.45) is -1.16. The molecular weight excluding hydrogens is 494 g/mol. The van der Waals surface area contributed by atoms with Crippen LogP contribution in [0.1, 0.15) is 36.2 Å². The highest BCUT2D eigenvalue weighted by Crippen LogP contribution is 2.37. The normalized spacial score (nSPS) is 13.1. The van der Waals surface area contributed by atoms with Crippen molar-refractivity contribution < 1.29 is 23.7 Å². The van der Waals surface area contributed by atoms with Crippen LogP contribution in [0.5, 0.6) is 0 Å². The van der Waals surface area contributed by atoms with Crippen molar-refractivity contribution in [1.29, 1.82) is 0 Å². The molecule has 31 heavy (non-hydrogen) atoms. The molecule has 13 heteroatoms. The van der Waals surface area contributed by atoms with Gasteiger partial charge in [-0.25, -0.2) is 4.39 Å². The lowest BCUT2D eigenvalue weighted by molar-refractivity contribution is -0.385. The highest BCUT2D eigenvalue weighted by atomic mass is 35.5. The monoisotopic (exact) mass is 510 g/mol. The average molecular weight is 511 g/mol. The summed E-state index contributed by atoms with van der Waals surface area (Å²) in [5.41, 5.74) is -0.328. The van der Waals surface area contributed by atoms with Crippen LogP contribution in [0, 0.1) is 26.0 Å². The minimum Gasteiger partial charge on any atom is -0.363 e. The van der Waals surface area contributed by atoms with E-state index in [0.29, 0.717) is 5.56 Å². The van der Waals surface area contributed by atoms with Crippen molar-refractivity contribution in [3.63, 3.8) is 0 Å². The molecule has 0 radical (unpaired) electrons. The van der Waals surface area contributed by atoms with E-state index in [4.69, 9.17) is 32.7 Å². The van der Waals surface area contributed by atoms with E-state index in [1.165, 1.54) is 12.1 Å². The van der Waals surface area contributed by atoms with Crippen LogP contribution >= 0.6 is 48.5 Å². The molecule has 0 saturated carbocycles. The zero-order valence-electron chi connectivity index (χ0n) is 15.7. The fourth-order valence-electron chi connectivity index (χ4n) is 2.97. The lowest BCUT2D eigenvalue weighted by atomic mass is 9.98. The lowest BCUT2D eigenvalue weighted by Gasteiger charge is -2.22. The Balaban J connectivity index is 2.32. The molecule has 2 rings (SSSR count). The van der Waals surface area contributed by atoms with Gasteiger partial charge in [0.05, 0.1) is 33.9 Å². The summed E-state index contributed by atoms with van der Waals surface area (Å²) in [6, 6.07) is 6.12.